The first kappa shape index (κ1) is 18.5. The molecule has 0 spiro atoms. The normalized spacial score (nSPS) is 12.5. The highest BCUT2D eigenvalue weighted by atomic mass is 32.2. The molecule has 3 rings (SSSR count). The fraction of sp³-hybridized carbons (Fsp3) is 0.188. The zero-order chi connectivity index (χ0) is 18.9. The summed E-state index contributed by atoms with van der Waals surface area (Å²) in [5.41, 5.74) is 0.602. The van der Waals surface area contributed by atoms with E-state index in [-0.39, 0.29) is 11.4 Å². The van der Waals surface area contributed by atoms with Crippen LogP contribution in [0.15, 0.2) is 45.6 Å². The molecule has 26 heavy (non-hydrogen) atoms. The summed E-state index contributed by atoms with van der Waals surface area (Å²) >= 11 is 2.41. The first-order valence-electron chi connectivity index (χ1n) is 7.32. The Morgan fingerprint density at radius 2 is 2.04 bits per heavy atom. The molecule has 0 saturated carbocycles. The molecule has 1 aromatic carbocycles. The Morgan fingerprint density at radius 1 is 1.27 bits per heavy atom. The van der Waals surface area contributed by atoms with Gasteiger partial charge in [-0.1, -0.05) is 17.4 Å². The van der Waals surface area contributed by atoms with Gasteiger partial charge >= 0.3 is 5.97 Å². The minimum absolute atomic E-state index is 0.134. The molecule has 0 bridgehead atoms. The smallest absolute Gasteiger partial charge is 0.325 e. The number of fused-ring (bicyclic) bond motifs is 1. The lowest BCUT2D eigenvalue weighted by molar-refractivity contribution is -0.141. The number of hydrogen-bond acceptors (Lipinski definition) is 7. The van der Waals surface area contributed by atoms with Crippen molar-refractivity contribution in [2.24, 2.45) is 4.99 Å². The molecule has 0 aliphatic heterocycles. The fourth-order valence-electron chi connectivity index (χ4n) is 2.26. The summed E-state index contributed by atoms with van der Waals surface area (Å²) in [6.07, 6.45) is 1.12. The zero-order valence-corrected chi connectivity index (χ0v) is 16.3. The number of thiazole rings is 1. The minimum atomic E-state index is -3.37. The van der Waals surface area contributed by atoms with Crippen molar-refractivity contribution in [2.75, 3.05) is 13.4 Å². The lowest BCUT2D eigenvalue weighted by Crippen LogP contribution is -2.22. The van der Waals surface area contributed by atoms with Gasteiger partial charge in [-0.25, -0.2) is 8.42 Å². The van der Waals surface area contributed by atoms with E-state index in [0.717, 1.165) is 17.6 Å². The Bertz CT molecular complexity index is 1150. The number of sulfone groups is 1. The number of nitrogens with zero attached hydrogens (tertiary/aromatic N) is 2. The lowest BCUT2D eigenvalue weighted by Gasteiger charge is -2.04. The Kier molecular flexibility index (Phi) is 5.08. The number of ether oxygens (including phenoxy) is 1. The number of amides is 1. The van der Waals surface area contributed by atoms with E-state index in [4.69, 9.17) is 4.74 Å². The van der Waals surface area contributed by atoms with E-state index in [1.807, 2.05) is 0 Å². The molecular formula is C16H14N2O5S3. The van der Waals surface area contributed by atoms with E-state index in [2.05, 4.69) is 4.99 Å². The zero-order valence-electron chi connectivity index (χ0n) is 13.8. The Morgan fingerprint density at radius 3 is 2.65 bits per heavy atom. The number of rotatable bonds is 4. The van der Waals surface area contributed by atoms with Crippen molar-refractivity contribution < 1.29 is 22.7 Å². The molecule has 0 atom stereocenters. The second-order valence-electron chi connectivity index (χ2n) is 5.34. The Balaban J connectivity index is 2.21. The summed E-state index contributed by atoms with van der Waals surface area (Å²) in [5.74, 6) is -0.921. The third-order valence-electron chi connectivity index (χ3n) is 3.53. The first-order valence-corrected chi connectivity index (χ1v) is 10.9. The highest BCUT2D eigenvalue weighted by Gasteiger charge is 2.15. The molecule has 7 nitrogen and oxygen atoms in total. The number of aromatic nitrogens is 1. The van der Waals surface area contributed by atoms with Crippen LogP contribution in [-0.2, 0) is 25.9 Å². The lowest BCUT2D eigenvalue weighted by atomic mass is 10.3. The van der Waals surface area contributed by atoms with Crippen LogP contribution in [0.4, 0.5) is 0 Å². The standard InChI is InChI=1S/C16H14N2O5S3/c1-23-14(19)9-18-11-6-5-10(26(2,21)22)8-13(11)25-16(18)17-15(20)12-4-3-7-24-12/h3-8H,9H2,1-2H3. The van der Waals surface area contributed by atoms with Crippen molar-refractivity contribution in [2.45, 2.75) is 11.4 Å². The predicted octanol–water partition coefficient (Wildman–Crippen LogP) is 2.08. The van der Waals surface area contributed by atoms with Crippen LogP contribution in [0.25, 0.3) is 10.2 Å². The third-order valence-corrected chi connectivity index (χ3v) is 6.54. The van der Waals surface area contributed by atoms with Crippen LogP contribution in [0.2, 0.25) is 0 Å². The van der Waals surface area contributed by atoms with Gasteiger partial charge in [-0.05, 0) is 29.6 Å². The molecule has 0 fully saturated rings. The Hall–Kier alpha value is -2.30. The molecule has 0 aliphatic carbocycles. The largest absolute Gasteiger partial charge is 0.468 e. The molecular weight excluding hydrogens is 396 g/mol. The molecule has 0 unspecified atom stereocenters. The van der Waals surface area contributed by atoms with Gasteiger partial charge in [0.25, 0.3) is 5.91 Å². The number of hydrogen-bond donors (Lipinski definition) is 0. The highest BCUT2D eigenvalue weighted by Crippen LogP contribution is 2.22. The van der Waals surface area contributed by atoms with Crippen LogP contribution >= 0.6 is 22.7 Å². The molecule has 3 aromatic rings. The maximum atomic E-state index is 12.3. The average Bonchev–Trinajstić information content (AvgIpc) is 3.22. The fourth-order valence-corrected chi connectivity index (χ4v) is 4.65. The van der Waals surface area contributed by atoms with E-state index in [1.165, 1.54) is 30.6 Å². The van der Waals surface area contributed by atoms with Crippen LogP contribution in [-0.4, -0.2) is 38.2 Å². The molecule has 0 radical (unpaired) electrons. The SMILES string of the molecule is COC(=O)Cn1c(=NC(=O)c2cccs2)sc2cc(S(C)(=O)=O)ccc21. The van der Waals surface area contributed by atoms with Gasteiger partial charge in [0.2, 0.25) is 0 Å². The van der Waals surface area contributed by atoms with Crippen LogP contribution in [0.3, 0.4) is 0 Å². The van der Waals surface area contributed by atoms with E-state index >= 15 is 0 Å². The molecule has 136 valence electrons. The van der Waals surface area contributed by atoms with E-state index in [0.29, 0.717) is 19.9 Å². The highest BCUT2D eigenvalue weighted by molar-refractivity contribution is 7.90. The van der Waals surface area contributed by atoms with Crippen molar-refractivity contribution in [3.8, 4) is 0 Å². The van der Waals surface area contributed by atoms with Crippen molar-refractivity contribution in [1.29, 1.82) is 0 Å². The second-order valence-corrected chi connectivity index (χ2v) is 9.32. The maximum Gasteiger partial charge on any atom is 0.325 e. The van der Waals surface area contributed by atoms with Gasteiger partial charge in [0.15, 0.2) is 14.6 Å². The summed E-state index contributed by atoms with van der Waals surface area (Å²) in [4.78, 5) is 29.1. The summed E-state index contributed by atoms with van der Waals surface area (Å²) in [7, 11) is -2.10. The van der Waals surface area contributed by atoms with Gasteiger partial charge in [-0.2, -0.15) is 4.99 Å². The topological polar surface area (TPSA) is 94.8 Å². The third kappa shape index (κ3) is 3.76. The maximum absolute atomic E-state index is 12.3. The number of methoxy groups -OCH3 is 1. The molecule has 0 aliphatic rings. The summed E-state index contributed by atoms with van der Waals surface area (Å²) in [6.45, 7) is -0.134. The minimum Gasteiger partial charge on any atom is -0.468 e. The van der Waals surface area contributed by atoms with Crippen LogP contribution in [0.5, 0.6) is 0 Å². The molecule has 10 heteroatoms. The Labute approximate surface area is 157 Å². The quantitative estimate of drug-likeness (QED) is 0.614. The first-order chi connectivity index (χ1) is 12.3. The van der Waals surface area contributed by atoms with Crippen molar-refractivity contribution in [1.82, 2.24) is 4.57 Å². The van der Waals surface area contributed by atoms with Crippen LogP contribution in [0.1, 0.15) is 9.67 Å². The summed E-state index contributed by atoms with van der Waals surface area (Å²) in [5, 5.41) is 1.77. The average molecular weight is 410 g/mol. The van der Waals surface area contributed by atoms with E-state index in [1.54, 1.807) is 28.1 Å². The number of benzene rings is 1. The van der Waals surface area contributed by atoms with Crippen molar-refractivity contribution >= 4 is 54.6 Å². The molecule has 2 aromatic heterocycles. The van der Waals surface area contributed by atoms with Gasteiger partial charge in [0, 0.05) is 6.26 Å². The van der Waals surface area contributed by atoms with Crippen LogP contribution in [0, 0.1) is 0 Å². The van der Waals surface area contributed by atoms with Gasteiger partial charge in [0.1, 0.15) is 6.54 Å². The number of thiophene rings is 1. The molecule has 2 heterocycles. The number of carbonyl (C=O) groups excluding carboxylic acids is 2. The predicted molar refractivity (Wildman–Crippen MR) is 99.2 cm³/mol. The summed E-state index contributed by atoms with van der Waals surface area (Å²) in [6, 6.07) is 7.98. The van der Waals surface area contributed by atoms with Gasteiger partial charge in [-0.15, -0.1) is 11.3 Å². The van der Waals surface area contributed by atoms with Gasteiger partial charge < -0.3 is 9.30 Å². The van der Waals surface area contributed by atoms with Gasteiger partial charge in [-0.3, -0.25) is 9.59 Å². The molecule has 0 saturated heterocycles. The molecule has 0 N–H and O–H groups in total. The molecule has 1 amide bonds. The van der Waals surface area contributed by atoms with Crippen molar-refractivity contribution in [3.05, 3.63) is 45.4 Å². The van der Waals surface area contributed by atoms with E-state index < -0.39 is 21.7 Å². The summed E-state index contributed by atoms with van der Waals surface area (Å²) < 4.78 is 30.4. The van der Waals surface area contributed by atoms with Crippen molar-refractivity contribution in [3.63, 3.8) is 0 Å². The second kappa shape index (κ2) is 7.14. The van der Waals surface area contributed by atoms with Crippen LogP contribution < -0.4 is 4.80 Å². The van der Waals surface area contributed by atoms with Gasteiger partial charge in [0.05, 0.1) is 27.1 Å². The van der Waals surface area contributed by atoms with E-state index in [9.17, 15) is 18.0 Å². The number of carbonyl (C=O) groups is 2. The monoisotopic (exact) mass is 410 g/mol. The number of esters is 1.